The fourth-order valence-electron chi connectivity index (χ4n) is 4.69. The highest BCUT2D eigenvalue weighted by molar-refractivity contribution is 6.08. The van der Waals surface area contributed by atoms with E-state index in [0.29, 0.717) is 98.6 Å². The number of nitrogens with zero attached hydrogens (tertiary/aromatic N) is 2. The first kappa shape index (κ1) is 32.9. The van der Waals surface area contributed by atoms with E-state index in [2.05, 4.69) is 15.0 Å². The Kier molecular flexibility index (Phi) is 12.0. The first-order chi connectivity index (χ1) is 22.5. The molecule has 0 aliphatic rings. The van der Waals surface area contributed by atoms with Crippen molar-refractivity contribution in [2.45, 2.75) is 6.92 Å². The lowest BCUT2D eigenvalue weighted by Gasteiger charge is -2.10. The number of H-pyrrole nitrogens is 1. The Morgan fingerprint density at radius 3 is 2.07 bits per heavy atom. The van der Waals surface area contributed by atoms with Gasteiger partial charge in [-0.25, -0.2) is 13.8 Å². The Labute approximate surface area is 264 Å². The summed E-state index contributed by atoms with van der Waals surface area (Å²) in [5.41, 5.74) is 3.20. The Bertz CT molecular complexity index is 1730. The molecule has 0 saturated carbocycles. The van der Waals surface area contributed by atoms with Crippen LogP contribution in [0.2, 0.25) is 0 Å². The minimum absolute atomic E-state index is 0.0989. The number of fused-ring (bicyclic) bond motifs is 3. The first-order valence-corrected chi connectivity index (χ1v) is 14.9. The van der Waals surface area contributed by atoms with Crippen molar-refractivity contribution < 1.29 is 42.0 Å². The van der Waals surface area contributed by atoms with Crippen molar-refractivity contribution in [3.8, 4) is 22.8 Å². The number of ether oxygens (including phenoxy) is 6. The fourth-order valence-corrected chi connectivity index (χ4v) is 4.69. The van der Waals surface area contributed by atoms with Crippen LogP contribution in [0, 0.1) is 18.6 Å². The van der Waals surface area contributed by atoms with E-state index in [1.165, 1.54) is 12.4 Å². The van der Waals surface area contributed by atoms with Crippen LogP contribution >= 0.6 is 0 Å². The smallest absolute Gasteiger partial charge is 0.213 e. The van der Waals surface area contributed by atoms with Gasteiger partial charge >= 0.3 is 0 Å². The van der Waals surface area contributed by atoms with Crippen molar-refractivity contribution in [2.24, 2.45) is 0 Å². The molecule has 0 unspecified atom stereocenters. The molecule has 1 N–H and O–H groups in total. The largest absolute Gasteiger partial charge is 0.491 e. The first-order valence-electron chi connectivity index (χ1n) is 14.9. The third-order valence-electron chi connectivity index (χ3n) is 7.08. The highest BCUT2D eigenvalue weighted by Gasteiger charge is 2.19. The SMILES string of the molecule is Cc1ccc(OCCOCCOCCOCCOCCOc2ccc(-c3cc4[nH]c5ccncc5c4c(F)c3F)cn2)cc1C=O. The van der Waals surface area contributed by atoms with Crippen LogP contribution in [0.25, 0.3) is 32.9 Å². The van der Waals surface area contributed by atoms with Crippen molar-refractivity contribution in [3.63, 3.8) is 0 Å². The quantitative estimate of drug-likeness (QED) is 0.0902. The van der Waals surface area contributed by atoms with E-state index in [0.717, 1.165) is 11.8 Å². The number of aromatic nitrogens is 3. The molecule has 0 spiro atoms. The number of hydrogen-bond donors (Lipinski definition) is 1. The number of hydrogen-bond acceptors (Lipinski definition) is 9. The molecular weight excluding hydrogens is 600 g/mol. The summed E-state index contributed by atoms with van der Waals surface area (Å²) in [6.07, 6.45) is 5.36. The standard InChI is InChI=1S/C34H35F2N3O7/c1-23-2-4-26(18-25(23)22-40)45-16-14-43-12-10-41-8-9-42-11-13-44-15-17-46-31-5-3-24(20-38-31)27-19-30-32(34(36)33(27)35)28-21-37-7-6-29(28)39-30/h2-7,18-22,39H,8-17H2,1H3. The number of rotatable bonds is 19. The van der Waals surface area contributed by atoms with Crippen LogP contribution < -0.4 is 9.47 Å². The Morgan fingerprint density at radius 2 is 1.41 bits per heavy atom. The minimum atomic E-state index is -0.947. The second-order valence-corrected chi connectivity index (χ2v) is 10.2. The van der Waals surface area contributed by atoms with E-state index in [1.54, 1.807) is 36.5 Å². The summed E-state index contributed by atoms with van der Waals surface area (Å²) < 4.78 is 63.1. The summed E-state index contributed by atoms with van der Waals surface area (Å²) in [5.74, 6) is -0.899. The van der Waals surface area contributed by atoms with Gasteiger partial charge in [0.1, 0.15) is 25.2 Å². The molecule has 5 rings (SSSR count). The lowest BCUT2D eigenvalue weighted by Crippen LogP contribution is -2.14. The van der Waals surface area contributed by atoms with Gasteiger partial charge in [0.2, 0.25) is 5.88 Å². The van der Waals surface area contributed by atoms with Crippen LogP contribution in [0.3, 0.4) is 0 Å². The average Bonchev–Trinajstić information content (AvgIpc) is 3.46. The normalized spacial score (nSPS) is 11.4. The number of aldehydes is 1. The zero-order valence-electron chi connectivity index (χ0n) is 25.4. The topological polar surface area (TPSA) is 114 Å². The van der Waals surface area contributed by atoms with Crippen LogP contribution in [-0.2, 0) is 18.9 Å². The maximum atomic E-state index is 15.0. The zero-order chi connectivity index (χ0) is 32.1. The average molecular weight is 636 g/mol. The lowest BCUT2D eigenvalue weighted by atomic mass is 10.0. The van der Waals surface area contributed by atoms with Crippen LogP contribution in [0.4, 0.5) is 8.78 Å². The van der Waals surface area contributed by atoms with Gasteiger partial charge in [0.25, 0.3) is 0 Å². The summed E-state index contributed by atoms with van der Waals surface area (Å²) in [6, 6.07) is 11.9. The molecule has 46 heavy (non-hydrogen) atoms. The van der Waals surface area contributed by atoms with E-state index in [4.69, 9.17) is 28.4 Å². The second kappa shape index (κ2) is 16.7. The fraction of sp³-hybridized carbons (Fsp3) is 0.324. The molecule has 3 aromatic heterocycles. The molecule has 0 saturated heterocycles. The molecule has 2 aromatic carbocycles. The van der Waals surface area contributed by atoms with Crippen LogP contribution in [0.5, 0.6) is 11.6 Å². The molecule has 0 bridgehead atoms. The van der Waals surface area contributed by atoms with Gasteiger partial charge < -0.3 is 33.4 Å². The molecule has 0 atom stereocenters. The van der Waals surface area contributed by atoms with Crippen LogP contribution in [0.1, 0.15) is 15.9 Å². The van der Waals surface area contributed by atoms with Crippen molar-refractivity contribution in [1.82, 2.24) is 15.0 Å². The summed E-state index contributed by atoms with van der Waals surface area (Å²) in [7, 11) is 0. The van der Waals surface area contributed by atoms with E-state index >= 15 is 0 Å². The predicted molar refractivity (Wildman–Crippen MR) is 168 cm³/mol. The Morgan fingerprint density at radius 1 is 0.739 bits per heavy atom. The highest BCUT2D eigenvalue weighted by Crippen LogP contribution is 2.34. The lowest BCUT2D eigenvalue weighted by molar-refractivity contribution is -0.00710. The van der Waals surface area contributed by atoms with Gasteiger partial charge in [-0.3, -0.25) is 9.78 Å². The van der Waals surface area contributed by atoms with Crippen LogP contribution in [0.15, 0.2) is 61.1 Å². The number of aromatic amines is 1. The van der Waals surface area contributed by atoms with Crippen LogP contribution in [-0.4, -0.2) is 87.3 Å². The van der Waals surface area contributed by atoms with E-state index < -0.39 is 11.6 Å². The van der Waals surface area contributed by atoms with Gasteiger partial charge in [0.05, 0.1) is 58.4 Å². The molecule has 0 radical (unpaired) electrons. The van der Waals surface area contributed by atoms with Gasteiger partial charge in [0.15, 0.2) is 11.6 Å². The summed E-state index contributed by atoms with van der Waals surface area (Å²) in [5, 5.41) is 0.698. The van der Waals surface area contributed by atoms with Crippen molar-refractivity contribution >= 4 is 28.1 Å². The molecule has 5 aromatic rings. The number of carbonyl (C=O) groups excluding carboxylic acids is 1. The van der Waals surface area contributed by atoms with Gasteiger partial charge in [-0.15, -0.1) is 0 Å². The monoisotopic (exact) mass is 635 g/mol. The van der Waals surface area contributed by atoms with Crippen molar-refractivity contribution in [2.75, 3.05) is 66.1 Å². The van der Waals surface area contributed by atoms with Gasteiger partial charge in [-0.1, -0.05) is 6.07 Å². The number of carbonyl (C=O) groups is 1. The minimum Gasteiger partial charge on any atom is -0.491 e. The number of pyridine rings is 2. The maximum absolute atomic E-state index is 15.0. The number of benzene rings is 2. The van der Waals surface area contributed by atoms with Gasteiger partial charge in [-0.05, 0) is 42.8 Å². The third-order valence-corrected chi connectivity index (χ3v) is 7.08. The molecule has 0 fully saturated rings. The molecule has 0 aliphatic carbocycles. The summed E-state index contributed by atoms with van der Waals surface area (Å²) in [4.78, 5) is 22.3. The van der Waals surface area contributed by atoms with Crippen molar-refractivity contribution in [1.29, 1.82) is 0 Å². The molecule has 12 heteroatoms. The summed E-state index contributed by atoms with van der Waals surface area (Å²) in [6.45, 7) is 5.81. The van der Waals surface area contributed by atoms with E-state index in [-0.39, 0.29) is 17.6 Å². The summed E-state index contributed by atoms with van der Waals surface area (Å²) >= 11 is 0. The number of aryl methyl sites for hydroxylation is 1. The predicted octanol–water partition coefficient (Wildman–Crippen LogP) is 5.70. The van der Waals surface area contributed by atoms with Crippen molar-refractivity contribution in [3.05, 3.63) is 83.8 Å². The maximum Gasteiger partial charge on any atom is 0.213 e. The van der Waals surface area contributed by atoms with Gasteiger partial charge in [-0.2, -0.15) is 0 Å². The number of nitrogens with one attached hydrogen (secondary N) is 1. The number of halogens is 2. The molecule has 10 nitrogen and oxygen atoms in total. The van der Waals surface area contributed by atoms with E-state index in [1.807, 2.05) is 19.1 Å². The molecule has 0 amide bonds. The molecule has 0 aliphatic heterocycles. The molecule has 242 valence electrons. The van der Waals surface area contributed by atoms with Gasteiger partial charge in [0, 0.05) is 57.6 Å². The Balaban J connectivity index is 0.886. The molecular formula is C34H35F2N3O7. The Hall–Kier alpha value is -4.49. The molecule has 3 heterocycles. The van der Waals surface area contributed by atoms with E-state index in [9.17, 15) is 13.6 Å². The second-order valence-electron chi connectivity index (χ2n) is 10.2. The zero-order valence-corrected chi connectivity index (χ0v) is 25.4. The third kappa shape index (κ3) is 8.61. The highest BCUT2D eigenvalue weighted by atomic mass is 19.2.